The van der Waals surface area contributed by atoms with Crippen LogP contribution in [-0.4, -0.2) is 33.0 Å². The van der Waals surface area contributed by atoms with E-state index in [1.165, 1.54) is 0 Å². The first kappa shape index (κ1) is 15.5. The van der Waals surface area contributed by atoms with Crippen LogP contribution < -0.4 is 19.5 Å². The second kappa shape index (κ2) is 6.38. The van der Waals surface area contributed by atoms with Gasteiger partial charge in [0.25, 0.3) is 0 Å². The molecule has 0 amide bonds. The molecule has 1 atom stereocenters. The van der Waals surface area contributed by atoms with Crippen molar-refractivity contribution in [1.29, 1.82) is 0 Å². The van der Waals surface area contributed by atoms with E-state index in [1.54, 1.807) is 27.4 Å². The van der Waals surface area contributed by atoms with Crippen molar-refractivity contribution in [3.8, 4) is 23.0 Å². The Balaban J connectivity index is 2.12. The maximum absolute atomic E-state index is 9.71. The number of hydrogen-bond acceptors (Lipinski definition) is 5. The zero-order valence-corrected chi connectivity index (χ0v) is 13.6. The molecule has 0 saturated heterocycles. The fourth-order valence-corrected chi connectivity index (χ4v) is 3.11. The highest BCUT2D eigenvalue weighted by Gasteiger charge is 2.26. The second-order valence-corrected chi connectivity index (χ2v) is 5.47. The molecule has 3 rings (SSSR count). The average molecular weight is 315 g/mol. The smallest absolute Gasteiger partial charge is 0.164 e. The summed E-state index contributed by atoms with van der Waals surface area (Å²) < 4.78 is 16.3. The third-order valence-electron chi connectivity index (χ3n) is 4.23. The Kier molecular flexibility index (Phi) is 4.30. The highest BCUT2D eigenvalue weighted by molar-refractivity contribution is 5.55. The number of rotatable bonds is 4. The Morgan fingerprint density at radius 2 is 1.61 bits per heavy atom. The monoisotopic (exact) mass is 315 g/mol. The molecule has 0 spiro atoms. The summed E-state index contributed by atoms with van der Waals surface area (Å²) in [6.45, 7) is 0.832. The number of nitrogens with one attached hydrogen (secondary N) is 1. The maximum Gasteiger partial charge on any atom is 0.164 e. The lowest BCUT2D eigenvalue weighted by atomic mass is 9.89. The van der Waals surface area contributed by atoms with E-state index in [-0.39, 0.29) is 6.04 Å². The van der Waals surface area contributed by atoms with Gasteiger partial charge in [0.1, 0.15) is 11.5 Å². The first-order valence-electron chi connectivity index (χ1n) is 7.53. The fraction of sp³-hybridized carbons (Fsp3) is 0.333. The number of ether oxygens (including phenoxy) is 3. The van der Waals surface area contributed by atoms with Crippen LogP contribution in [0.4, 0.5) is 0 Å². The molecule has 0 aromatic heterocycles. The predicted molar refractivity (Wildman–Crippen MR) is 87.8 cm³/mol. The van der Waals surface area contributed by atoms with Crippen LogP contribution >= 0.6 is 0 Å². The number of phenols is 1. The van der Waals surface area contributed by atoms with Gasteiger partial charge in [-0.25, -0.2) is 0 Å². The lowest BCUT2D eigenvalue weighted by Crippen LogP contribution is -2.30. The maximum atomic E-state index is 9.71. The van der Waals surface area contributed by atoms with Crippen LogP contribution in [0.1, 0.15) is 22.7 Å². The van der Waals surface area contributed by atoms with Gasteiger partial charge in [0, 0.05) is 18.2 Å². The number of fused-ring (bicyclic) bond motifs is 1. The largest absolute Gasteiger partial charge is 0.508 e. The summed E-state index contributed by atoms with van der Waals surface area (Å²) in [5.41, 5.74) is 3.27. The third kappa shape index (κ3) is 2.80. The quantitative estimate of drug-likeness (QED) is 0.908. The van der Waals surface area contributed by atoms with E-state index in [0.717, 1.165) is 35.4 Å². The zero-order valence-electron chi connectivity index (χ0n) is 13.6. The highest BCUT2D eigenvalue weighted by atomic mass is 16.5. The molecular weight excluding hydrogens is 294 g/mol. The zero-order chi connectivity index (χ0) is 16.4. The van der Waals surface area contributed by atoms with Crippen LogP contribution in [0.25, 0.3) is 0 Å². The van der Waals surface area contributed by atoms with E-state index in [0.29, 0.717) is 17.2 Å². The third-order valence-corrected chi connectivity index (χ3v) is 4.23. The van der Waals surface area contributed by atoms with Crippen LogP contribution in [0.2, 0.25) is 0 Å². The molecule has 122 valence electrons. The van der Waals surface area contributed by atoms with E-state index in [1.807, 2.05) is 24.3 Å². The molecule has 23 heavy (non-hydrogen) atoms. The molecule has 0 bridgehead atoms. The van der Waals surface area contributed by atoms with Crippen molar-refractivity contribution in [2.45, 2.75) is 12.5 Å². The van der Waals surface area contributed by atoms with Gasteiger partial charge in [0.05, 0.1) is 27.4 Å². The van der Waals surface area contributed by atoms with Crippen LogP contribution in [-0.2, 0) is 6.42 Å². The van der Waals surface area contributed by atoms with Crippen molar-refractivity contribution in [2.75, 3.05) is 27.9 Å². The van der Waals surface area contributed by atoms with E-state index in [9.17, 15) is 5.11 Å². The molecule has 2 aromatic carbocycles. The van der Waals surface area contributed by atoms with Crippen molar-refractivity contribution in [3.63, 3.8) is 0 Å². The number of phenolic OH excluding ortho intramolecular Hbond substituents is 1. The minimum absolute atomic E-state index is 0.0193. The number of aromatic hydroxyl groups is 1. The lowest BCUT2D eigenvalue weighted by molar-refractivity contribution is 0.346. The topological polar surface area (TPSA) is 60.0 Å². The van der Waals surface area contributed by atoms with Crippen molar-refractivity contribution >= 4 is 0 Å². The van der Waals surface area contributed by atoms with Crippen LogP contribution in [0.5, 0.6) is 23.0 Å². The van der Waals surface area contributed by atoms with E-state index < -0.39 is 0 Å². The molecule has 0 radical (unpaired) electrons. The molecule has 1 aliphatic rings. The molecule has 2 N–H and O–H groups in total. The first-order valence-corrected chi connectivity index (χ1v) is 7.53. The Bertz CT molecular complexity index is 714. The summed E-state index contributed by atoms with van der Waals surface area (Å²) in [5.74, 6) is 2.33. The summed E-state index contributed by atoms with van der Waals surface area (Å²) >= 11 is 0. The van der Waals surface area contributed by atoms with Gasteiger partial charge < -0.3 is 24.6 Å². The van der Waals surface area contributed by atoms with Gasteiger partial charge in [0.2, 0.25) is 0 Å². The van der Waals surface area contributed by atoms with E-state index >= 15 is 0 Å². The van der Waals surface area contributed by atoms with Crippen LogP contribution in [0.15, 0.2) is 30.3 Å². The van der Waals surface area contributed by atoms with Crippen molar-refractivity contribution in [3.05, 3.63) is 47.0 Å². The molecule has 0 saturated carbocycles. The van der Waals surface area contributed by atoms with E-state index in [2.05, 4.69) is 5.32 Å². The predicted octanol–water partition coefficient (Wildman–Crippen LogP) is 2.65. The van der Waals surface area contributed by atoms with Crippen LogP contribution in [0.3, 0.4) is 0 Å². The Hall–Kier alpha value is -2.40. The second-order valence-electron chi connectivity index (χ2n) is 5.47. The molecule has 1 unspecified atom stereocenters. The Morgan fingerprint density at radius 1 is 0.913 bits per heavy atom. The SMILES string of the molecule is COc1cc(OC)c(C2NCCc3cc(O)ccc32)cc1OC. The summed E-state index contributed by atoms with van der Waals surface area (Å²) in [7, 11) is 4.87. The fourth-order valence-electron chi connectivity index (χ4n) is 3.11. The average Bonchev–Trinajstić information content (AvgIpc) is 2.59. The van der Waals surface area contributed by atoms with Gasteiger partial charge in [-0.05, 0) is 35.7 Å². The molecule has 1 aliphatic heterocycles. The molecule has 0 fully saturated rings. The van der Waals surface area contributed by atoms with Gasteiger partial charge in [-0.1, -0.05) is 6.07 Å². The van der Waals surface area contributed by atoms with Gasteiger partial charge in [-0.3, -0.25) is 0 Å². The van der Waals surface area contributed by atoms with Crippen molar-refractivity contribution < 1.29 is 19.3 Å². The molecule has 5 nitrogen and oxygen atoms in total. The standard InChI is InChI=1S/C18H21NO4/c1-21-15-10-17(23-3)16(22-2)9-14(15)18-13-5-4-12(20)8-11(13)6-7-19-18/h4-5,8-10,18-20H,6-7H2,1-3H3. The summed E-state index contributed by atoms with van der Waals surface area (Å²) in [6.07, 6.45) is 0.885. The Morgan fingerprint density at radius 3 is 2.30 bits per heavy atom. The molecule has 1 heterocycles. The molecule has 5 heteroatoms. The van der Waals surface area contributed by atoms with E-state index in [4.69, 9.17) is 14.2 Å². The summed E-state index contributed by atoms with van der Waals surface area (Å²) in [4.78, 5) is 0. The number of methoxy groups -OCH3 is 3. The molecular formula is C18H21NO4. The number of benzene rings is 2. The van der Waals surface area contributed by atoms with Gasteiger partial charge >= 0.3 is 0 Å². The van der Waals surface area contributed by atoms with Crippen molar-refractivity contribution in [1.82, 2.24) is 5.32 Å². The normalized spacial score (nSPS) is 16.6. The lowest BCUT2D eigenvalue weighted by Gasteiger charge is -2.29. The minimum Gasteiger partial charge on any atom is -0.508 e. The summed E-state index contributed by atoms with van der Waals surface area (Å²) in [6, 6.07) is 9.26. The van der Waals surface area contributed by atoms with Gasteiger partial charge in [-0.15, -0.1) is 0 Å². The number of hydrogen-bond donors (Lipinski definition) is 2. The summed E-state index contributed by atoms with van der Waals surface area (Å²) in [5, 5.41) is 13.2. The van der Waals surface area contributed by atoms with Crippen LogP contribution in [0, 0.1) is 0 Å². The minimum atomic E-state index is -0.0193. The van der Waals surface area contributed by atoms with Gasteiger partial charge in [0.15, 0.2) is 11.5 Å². The van der Waals surface area contributed by atoms with Gasteiger partial charge in [-0.2, -0.15) is 0 Å². The van der Waals surface area contributed by atoms with Crippen molar-refractivity contribution in [2.24, 2.45) is 0 Å². The molecule has 0 aliphatic carbocycles. The Labute approximate surface area is 135 Å². The highest BCUT2D eigenvalue weighted by Crippen LogP contribution is 2.41. The first-order chi connectivity index (χ1) is 11.2. The molecule has 2 aromatic rings.